The van der Waals surface area contributed by atoms with Gasteiger partial charge >= 0.3 is 5.97 Å². The number of hydrogen-bond acceptors (Lipinski definition) is 4. The molecule has 0 N–H and O–H groups in total. The second kappa shape index (κ2) is 6.28. The van der Waals surface area contributed by atoms with Crippen LogP contribution in [0.15, 0.2) is 0 Å². The predicted molar refractivity (Wildman–Crippen MR) is 77.9 cm³/mol. The first-order valence-electron chi connectivity index (χ1n) is 7.41. The molecule has 1 saturated heterocycles. The van der Waals surface area contributed by atoms with Gasteiger partial charge in [-0.2, -0.15) is 5.10 Å². The summed E-state index contributed by atoms with van der Waals surface area (Å²) in [4.78, 5) is 26.3. The van der Waals surface area contributed by atoms with Gasteiger partial charge in [0.2, 0.25) is 0 Å². The van der Waals surface area contributed by atoms with Crippen LogP contribution in [0.1, 0.15) is 41.5 Å². The number of amides is 1. The van der Waals surface area contributed by atoms with E-state index in [-0.39, 0.29) is 17.8 Å². The number of hydrogen-bond donors (Lipinski definition) is 0. The molecular weight excluding hydrogens is 270 g/mol. The van der Waals surface area contributed by atoms with Crippen molar-refractivity contribution >= 4 is 11.9 Å². The third kappa shape index (κ3) is 3.09. The molecule has 0 bridgehead atoms. The standard InChI is InChI=1S/C15H23N3O3/c1-5-21-15(20)12-7-6-8-18(9-12)14(19)13-10(2)16-17(4)11(13)3/h12H,5-9H2,1-4H3. The van der Waals surface area contributed by atoms with Crippen LogP contribution in [-0.2, 0) is 16.6 Å². The second-order valence-corrected chi connectivity index (χ2v) is 5.51. The molecule has 1 unspecified atom stereocenters. The number of carbonyl (C=O) groups is 2. The van der Waals surface area contributed by atoms with Crippen LogP contribution in [0.2, 0.25) is 0 Å². The van der Waals surface area contributed by atoms with Crippen molar-refractivity contribution < 1.29 is 14.3 Å². The molecule has 1 aliphatic rings. The van der Waals surface area contributed by atoms with Gasteiger partial charge in [0.15, 0.2) is 0 Å². The molecule has 1 atom stereocenters. The van der Waals surface area contributed by atoms with Crippen LogP contribution in [0, 0.1) is 19.8 Å². The van der Waals surface area contributed by atoms with Crippen molar-refractivity contribution in [1.82, 2.24) is 14.7 Å². The molecule has 1 aliphatic heterocycles. The fourth-order valence-electron chi connectivity index (χ4n) is 2.86. The van der Waals surface area contributed by atoms with Crippen LogP contribution in [0.3, 0.4) is 0 Å². The van der Waals surface area contributed by atoms with Crippen molar-refractivity contribution in [3.8, 4) is 0 Å². The van der Waals surface area contributed by atoms with E-state index >= 15 is 0 Å². The summed E-state index contributed by atoms with van der Waals surface area (Å²) >= 11 is 0. The summed E-state index contributed by atoms with van der Waals surface area (Å²) in [6, 6.07) is 0. The number of carbonyl (C=O) groups excluding carboxylic acids is 2. The Labute approximate surface area is 125 Å². The number of ether oxygens (including phenoxy) is 1. The SMILES string of the molecule is CCOC(=O)C1CCCN(C(=O)c2c(C)nn(C)c2C)C1. The Kier molecular flexibility index (Phi) is 4.65. The maximum Gasteiger partial charge on any atom is 0.310 e. The van der Waals surface area contributed by atoms with Gasteiger partial charge < -0.3 is 9.64 Å². The number of aryl methyl sites for hydroxylation is 2. The monoisotopic (exact) mass is 293 g/mol. The van der Waals surface area contributed by atoms with Crippen LogP contribution in [0.25, 0.3) is 0 Å². The van der Waals surface area contributed by atoms with Gasteiger partial charge in [-0.15, -0.1) is 0 Å². The molecule has 6 heteroatoms. The van der Waals surface area contributed by atoms with Crippen molar-refractivity contribution in [2.75, 3.05) is 19.7 Å². The minimum Gasteiger partial charge on any atom is -0.466 e. The van der Waals surface area contributed by atoms with E-state index in [0.29, 0.717) is 25.3 Å². The fourth-order valence-corrected chi connectivity index (χ4v) is 2.86. The highest BCUT2D eigenvalue weighted by Crippen LogP contribution is 2.22. The zero-order valence-corrected chi connectivity index (χ0v) is 13.2. The summed E-state index contributed by atoms with van der Waals surface area (Å²) in [5.41, 5.74) is 2.25. The Balaban J connectivity index is 2.14. The molecule has 2 rings (SSSR count). The van der Waals surface area contributed by atoms with Gasteiger partial charge in [-0.1, -0.05) is 0 Å². The van der Waals surface area contributed by atoms with Crippen molar-refractivity contribution in [3.63, 3.8) is 0 Å². The van der Waals surface area contributed by atoms with Crippen molar-refractivity contribution in [1.29, 1.82) is 0 Å². The Bertz CT molecular complexity index is 551. The van der Waals surface area contributed by atoms with Gasteiger partial charge in [0.1, 0.15) is 0 Å². The highest BCUT2D eigenvalue weighted by molar-refractivity contribution is 5.96. The first-order chi connectivity index (χ1) is 9.95. The number of nitrogens with zero attached hydrogens (tertiary/aromatic N) is 3. The normalized spacial score (nSPS) is 18.7. The summed E-state index contributed by atoms with van der Waals surface area (Å²) in [6.07, 6.45) is 1.61. The lowest BCUT2D eigenvalue weighted by Crippen LogP contribution is -2.43. The Morgan fingerprint density at radius 1 is 1.38 bits per heavy atom. The molecule has 6 nitrogen and oxygen atoms in total. The topological polar surface area (TPSA) is 64.4 Å². The summed E-state index contributed by atoms with van der Waals surface area (Å²) in [5, 5.41) is 4.29. The maximum atomic E-state index is 12.7. The predicted octanol–water partition coefficient (Wildman–Crippen LogP) is 1.45. The molecule has 0 saturated carbocycles. The molecule has 2 heterocycles. The van der Waals surface area contributed by atoms with Crippen molar-refractivity contribution in [3.05, 3.63) is 17.0 Å². The van der Waals surface area contributed by atoms with Gasteiger partial charge in [-0.05, 0) is 33.6 Å². The molecule has 1 amide bonds. The Morgan fingerprint density at radius 3 is 2.67 bits per heavy atom. The largest absolute Gasteiger partial charge is 0.466 e. The quantitative estimate of drug-likeness (QED) is 0.791. The van der Waals surface area contributed by atoms with Crippen LogP contribution < -0.4 is 0 Å². The molecule has 1 aromatic rings. The number of likely N-dealkylation sites (tertiary alicyclic amines) is 1. The van der Waals surface area contributed by atoms with Crippen LogP contribution in [0.4, 0.5) is 0 Å². The van der Waals surface area contributed by atoms with Crippen molar-refractivity contribution in [2.24, 2.45) is 13.0 Å². The Hall–Kier alpha value is -1.85. The lowest BCUT2D eigenvalue weighted by atomic mass is 9.97. The van der Waals surface area contributed by atoms with Crippen LogP contribution in [0.5, 0.6) is 0 Å². The van der Waals surface area contributed by atoms with E-state index in [0.717, 1.165) is 24.2 Å². The number of aromatic nitrogens is 2. The molecular formula is C15H23N3O3. The average Bonchev–Trinajstić information content (AvgIpc) is 2.72. The minimum atomic E-state index is -0.208. The molecule has 0 aromatic carbocycles. The smallest absolute Gasteiger partial charge is 0.310 e. The summed E-state index contributed by atoms with van der Waals surface area (Å²) in [5.74, 6) is -0.443. The van der Waals surface area contributed by atoms with Gasteiger partial charge in [-0.25, -0.2) is 0 Å². The Morgan fingerprint density at radius 2 is 2.10 bits per heavy atom. The number of esters is 1. The summed E-state index contributed by atoms with van der Waals surface area (Å²) < 4.78 is 6.79. The van der Waals surface area contributed by atoms with Gasteiger partial charge in [0, 0.05) is 25.8 Å². The van der Waals surface area contributed by atoms with Crippen LogP contribution >= 0.6 is 0 Å². The molecule has 0 radical (unpaired) electrons. The lowest BCUT2D eigenvalue weighted by Gasteiger charge is -2.31. The third-order valence-corrected chi connectivity index (χ3v) is 4.05. The van der Waals surface area contributed by atoms with E-state index in [9.17, 15) is 9.59 Å². The first-order valence-corrected chi connectivity index (χ1v) is 7.41. The van der Waals surface area contributed by atoms with Crippen molar-refractivity contribution in [2.45, 2.75) is 33.6 Å². The van der Waals surface area contributed by atoms with E-state index in [1.807, 2.05) is 20.9 Å². The second-order valence-electron chi connectivity index (χ2n) is 5.51. The van der Waals surface area contributed by atoms with Gasteiger partial charge in [0.25, 0.3) is 5.91 Å². The average molecular weight is 293 g/mol. The zero-order valence-electron chi connectivity index (χ0n) is 13.2. The lowest BCUT2D eigenvalue weighted by molar-refractivity contribution is -0.149. The third-order valence-electron chi connectivity index (χ3n) is 4.05. The number of rotatable bonds is 3. The van der Waals surface area contributed by atoms with E-state index in [2.05, 4.69) is 5.10 Å². The fraction of sp³-hybridized carbons (Fsp3) is 0.667. The highest BCUT2D eigenvalue weighted by atomic mass is 16.5. The molecule has 116 valence electrons. The molecule has 1 fully saturated rings. The van der Waals surface area contributed by atoms with E-state index in [1.165, 1.54) is 0 Å². The molecule has 1 aromatic heterocycles. The van der Waals surface area contributed by atoms with Crippen LogP contribution in [-0.4, -0.2) is 46.3 Å². The molecule has 21 heavy (non-hydrogen) atoms. The summed E-state index contributed by atoms with van der Waals surface area (Å²) in [6.45, 7) is 7.02. The van der Waals surface area contributed by atoms with E-state index in [4.69, 9.17) is 4.74 Å². The zero-order chi connectivity index (χ0) is 15.6. The number of piperidine rings is 1. The molecule has 0 spiro atoms. The van der Waals surface area contributed by atoms with Gasteiger partial charge in [0.05, 0.1) is 23.8 Å². The van der Waals surface area contributed by atoms with E-state index in [1.54, 1.807) is 16.5 Å². The van der Waals surface area contributed by atoms with E-state index < -0.39 is 0 Å². The summed E-state index contributed by atoms with van der Waals surface area (Å²) in [7, 11) is 1.83. The maximum absolute atomic E-state index is 12.7. The molecule has 0 aliphatic carbocycles. The highest BCUT2D eigenvalue weighted by Gasteiger charge is 2.31. The first kappa shape index (κ1) is 15.5. The van der Waals surface area contributed by atoms with Gasteiger partial charge in [-0.3, -0.25) is 14.3 Å². The minimum absolute atomic E-state index is 0.0351.